The molecule has 1 aromatic carbocycles. The third kappa shape index (κ3) is 1.91. The largest absolute Gasteiger partial charge is 0.508 e. The van der Waals surface area contributed by atoms with Gasteiger partial charge in [-0.15, -0.1) is 0 Å². The third-order valence-corrected chi connectivity index (χ3v) is 2.35. The topological polar surface area (TPSA) is 84.9 Å². The predicted molar refractivity (Wildman–Crippen MR) is 62.4 cm³/mol. The van der Waals surface area contributed by atoms with Crippen molar-refractivity contribution in [2.24, 2.45) is 0 Å². The van der Waals surface area contributed by atoms with E-state index >= 15 is 0 Å². The van der Waals surface area contributed by atoms with Crippen LogP contribution in [0.3, 0.4) is 0 Å². The van der Waals surface area contributed by atoms with Crippen molar-refractivity contribution in [3.8, 4) is 28.7 Å². The maximum absolute atomic E-state index is 9.20. The lowest BCUT2D eigenvalue weighted by molar-refractivity contribution is 0.432. The second-order valence-electron chi connectivity index (χ2n) is 3.56. The average molecular weight is 240 g/mol. The summed E-state index contributed by atoms with van der Waals surface area (Å²) in [6.45, 7) is 0. The summed E-state index contributed by atoms with van der Waals surface area (Å²) >= 11 is 0. The smallest absolute Gasteiger partial charge is 0.258 e. The fourth-order valence-electron chi connectivity index (χ4n) is 1.47. The SMILES string of the molecule is Oc1ccc(-c2nc(-c3ccncn3)no2)cc1. The van der Waals surface area contributed by atoms with Crippen molar-refractivity contribution in [2.75, 3.05) is 0 Å². The lowest BCUT2D eigenvalue weighted by atomic mass is 10.2. The van der Waals surface area contributed by atoms with E-state index in [9.17, 15) is 5.11 Å². The van der Waals surface area contributed by atoms with Gasteiger partial charge in [0, 0.05) is 11.8 Å². The van der Waals surface area contributed by atoms with Crippen LogP contribution >= 0.6 is 0 Å². The molecule has 0 aliphatic rings. The van der Waals surface area contributed by atoms with Gasteiger partial charge in [-0.1, -0.05) is 5.16 Å². The molecule has 18 heavy (non-hydrogen) atoms. The van der Waals surface area contributed by atoms with E-state index in [0.717, 1.165) is 5.56 Å². The minimum Gasteiger partial charge on any atom is -0.508 e. The normalized spacial score (nSPS) is 10.4. The molecule has 3 rings (SSSR count). The standard InChI is InChI=1S/C12H8N4O2/c17-9-3-1-8(2-4-9)12-15-11(16-18-12)10-5-6-13-7-14-10/h1-7,17H. The Morgan fingerprint density at radius 1 is 1.06 bits per heavy atom. The first kappa shape index (κ1) is 10.4. The summed E-state index contributed by atoms with van der Waals surface area (Å²) in [6, 6.07) is 8.22. The van der Waals surface area contributed by atoms with E-state index in [2.05, 4.69) is 20.1 Å². The van der Waals surface area contributed by atoms with Crippen LogP contribution in [0.4, 0.5) is 0 Å². The summed E-state index contributed by atoms with van der Waals surface area (Å²) in [5.74, 6) is 0.971. The van der Waals surface area contributed by atoms with Crippen molar-refractivity contribution in [3.05, 3.63) is 42.9 Å². The van der Waals surface area contributed by atoms with Crippen molar-refractivity contribution in [2.45, 2.75) is 0 Å². The Labute approximate surface area is 102 Å². The first-order valence-corrected chi connectivity index (χ1v) is 5.22. The molecule has 0 atom stereocenters. The number of phenols is 1. The molecule has 2 heterocycles. The molecule has 0 unspecified atom stereocenters. The van der Waals surface area contributed by atoms with Crippen LogP contribution in [-0.4, -0.2) is 25.2 Å². The predicted octanol–water partition coefficient (Wildman–Crippen LogP) is 1.90. The van der Waals surface area contributed by atoms with Gasteiger partial charge in [0.05, 0.1) is 0 Å². The van der Waals surface area contributed by atoms with Crippen LogP contribution < -0.4 is 0 Å². The highest BCUT2D eigenvalue weighted by molar-refractivity contribution is 5.57. The molecule has 6 nitrogen and oxygen atoms in total. The van der Waals surface area contributed by atoms with Crippen molar-refractivity contribution in [1.29, 1.82) is 0 Å². The van der Waals surface area contributed by atoms with Crippen molar-refractivity contribution in [3.63, 3.8) is 0 Å². The van der Waals surface area contributed by atoms with Crippen molar-refractivity contribution < 1.29 is 9.63 Å². The van der Waals surface area contributed by atoms with E-state index in [-0.39, 0.29) is 5.75 Å². The quantitative estimate of drug-likeness (QED) is 0.736. The fraction of sp³-hybridized carbons (Fsp3) is 0. The number of hydrogen-bond donors (Lipinski definition) is 1. The molecular formula is C12H8N4O2. The molecule has 0 fully saturated rings. The Hall–Kier alpha value is -2.76. The van der Waals surface area contributed by atoms with Crippen molar-refractivity contribution >= 4 is 0 Å². The van der Waals surface area contributed by atoms with E-state index in [1.807, 2.05) is 0 Å². The molecular weight excluding hydrogens is 232 g/mol. The number of nitrogens with zero attached hydrogens (tertiary/aromatic N) is 4. The highest BCUT2D eigenvalue weighted by Gasteiger charge is 2.10. The van der Waals surface area contributed by atoms with Crippen molar-refractivity contribution in [1.82, 2.24) is 20.1 Å². The second kappa shape index (κ2) is 4.25. The van der Waals surface area contributed by atoms with Crippen LogP contribution in [0.15, 0.2) is 47.4 Å². The zero-order valence-electron chi connectivity index (χ0n) is 9.19. The Balaban J connectivity index is 1.97. The lowest BCUT2D eigenvalue weighted by Gasteiger charge is -1.93. The first-order chi connectivity index (χ1) is 8.83. The highest BCUT2D eigenvalue weighted by atomic mass is 16.5. The zero-order valence-corrected chi connectivity index (χ0v) is 9.19. The first-order valence-electron chi connectivity index (χ1n) is 5.22. The van der Waals surface area contributed by atoms with Crippen LogP contribution in [-0.2, 0) is 0 Å². The van der Waals surface area contributed by atoms with Gasteiger partial charge in [-0.3, -0.25) is 0 Å². The van der Waals surface area contributed by atoms with Crippen LogP contribution in [0.5, 0.6) is 5.75 Å². The van der Waals surface area contributed by atoms with Crippen LogP contribution in [0.2, 0.25) is 0 Å². The summed E-state index contributed by atoms with van der Waals surface area (Å²) in [4.78, 5) is 12.1. The van der Waals surface area contributed by atoms with Crippen LogP contribution in [0.1, 0.15) is 0 Å². The van der Waals surface area contributed by atoms with E-state index in [4.69, 9.17) is 4.52 Å². The molecule has 1 N–H and O–H groups in total. The maximum atomic E-state index is 9.20. The minimum absolute atomic E-state index is 0.189. The van der Waals surface area contributed by atoms with Gasteiger partial charge in [-0.2, -0.15) is 4.98 Å². The molecule has 0 radical (unpaired) electrons. The number of phenolic OH excluding ortho intramolecular Hbond substituents is 1. The Morgan fingerprint density at radius 2 is 1.89 bits per heavy atom. The molecule has 0 bridgehead atoms. The molecule has 0 spiro atoms. The highest BCUT2D eigenvalue weighted by Crippen LogP contribution is 2.22. The molecule has 0 aliphatic heterocycles. The number of aromatic hydroxyl groups is 1. The van der Waals surface area contributed by atoms with Crippen LogP contribution in [0.25, 0.3) is 23.0 Å². The van der Waals surface area contributed by atoms with Gasteiger partial charge in [-0.25, -0.2) is 9.97 Å². The third-order valence-electron chi connectivity index (χ3n) is 2.35. The van der Waals surface area contributed by atoms with E-state index in [1.165, 1.54) is 6.33 Å². The second-order valence-corrected chi connectivity index (χ2v) is 3.56. The van der Waals surface area contributed by atoms with Gasteiger partial charge in [-0.05, 0) is 30.3 Å². The van der Waals surface area contributed by atoms with E-state index in [1.54, 1.807) is 36.5 Å². The lowest BCUT2D eigenvalue weighted by Crippen LogP contribution is -1.85. The average Bonchev–Trinajstić information content (AvgIpc) is 2.90. The Kier molecular flexibility index (Phi) is 2.45. The summed E-state index contributed by atoms with van der Waals surface area (Å²) < 4.78 is 5.14. The molecule has 0 saturated heterocycles. The summed E-state index contributed by atoms with van der Waals surface area (Å²) in [5.41, 5.74) is 1.33. The molecule has 88 valence electrons. The van der Waals surface area contributed by atoms with Crippen LogP contribution in [0, 0.1) is 0 Å². The molecule has 2 aromatic heterocycles. The van der Waals surface area contributed by atoms with Gasteiger partial charge in [0.15, 0.2) is 0 Å². The molecule has 3 aromatic rings. The minimum atomic E-state index is 0.189. The van der Waals surface area contributed by atoms with E-state index in [0.29, 0.717) is 17.4 Å². The number of hydrogen-bond acceptors (Lipinski definition) is 6. The van der Waals surface area contributed by atoms with Gasteiger partial charge in [0.1, 0.15) is 17.8 Å². The number of benzene rings is 1. The van der Waals surface area contributed by atoms with Gasteiger partial charge < -0.3 is 9.63 Å². The van der Waals surface area contributed by atoms with Gasteiger partial charge in [0.2, 0.25) is 5.82 Å². The monoisotopic (exact) mass is 240 g/mol. The van der Waals surface area contributed by atoms with Gasteiger partial charge >= 0.3 is 0 Å². The summed E-state index contributed by atoms with van der Waals surface area (Å²) in [6.07, 6.45) is 3.03. The summed E-state index contributed by atoms with van der Waals surface area (Å²) in [5, 5.41) is 13.0. The molecule has 6 heteroatoms. The fourth-order valence-corrected chi connectivity index (χ4v) is 1.47. The number of rotatable bonds is 2. The van der Waals surface area contributed by atoms with Gasteiger partial charge in [0.25, 0.3) is 5.89 Å². The van der Waals surface area contributed by atoms with E-state index < -0.39 is 0 Å². The molecule has 0 saturated carbocycles. The maximum Gasteiger partial charge on any atom is 0.258 e. The molecule has 0 aliphatic carbocycles. The number of aromatic nitrogens is 4. The Morgan fingerprint density at radius 3 is 2.61 bits per heavy atom. The Bertz CT molecular complexity index is 649. The zero-order chi connectivity index (χ0) is 12.4. The summed E-state index contributed by atoms with van der Waals surface area (Å²) in [7, 11) is 0. The molecule has 0 amide bonds.